The van der Waals surface area contributed by atoms with E-state index >= 15 is 0 Å². The molecule has 5 rings (SSSR count). The third-order valence-corrected chi connectivity index (χ3v) is 10.1. The summed E-state index contributed by atoms with van der Waals surface area (Å²) in [5, 5.41) is 1.40. The molecule has 0 aromatic heterocycles. The van der Waals surface area contributed by atoms with Crippen molar-refractivity contribution in [3.8, 4) is 11.1 Å². The van der Waals surface area contributed by atoms with Crippen LogP contribution >= 0.6 is 24.0 Å². The fourth-order valence-corrected chi connectivity index (χ4v) is 7.55. The van der Waals surface area contributed by atoms with E-state index in [1.807, 2.05) is 49.1 Å². The molecular formula is C32H32N4O4S3. The summed E-state index contributed by atoms with van der Waals surface area (Å²) in [6.07, 6.45) is 4.17. The Morgan fingerprint density at radius 3 is 2.23 bits per heavy atom. The molecule has 2 amide bonds. The molecule has 8 nitrogen and oxygen atoms in total. The Bertz CT molecular complexity index is 1710. The Hall–Kier alpha value is -3.93. The van der Waals surface area contributed by atoms with Crippen molar-refractivity contribution in [1.82, 2.24) is 14.5 Å². The number of sulfonamides is 1. The molecule has 43 heavy (non-hydrogen) atoms. The number of amides is 2. The summed E-state index contributed by atoms with van der Waals surface area (Å²) >= 11 is 7.11. The van der Waals surface area contributed by atoms with Crippen LogP contribution in [0.25, 0.3) is 11.1 Å². The van der Waals surface area contributed by atoms with Crippen LogP contribution in [0.15, 0.2) is 112 Å². The zero-order valence-electron chi connectivity index (χ0n) is 23.9. The molecule has 1 N–H and O–H groups in total. The molecule has 0 bridgehead atoms. The summed E-state index contributed by atoms with van der Waals surface area (Å²) in [5.41, 5.74) is 3.66. The molecule has 0 radical (unpaired) electrons. The number of rotatable bonds is 10. The van der Waals surface area contributed by atoms with E-state index in [2.05, 4.69) is 40.0 Å². The minimum atomic E-state index is -3.93. The van der Waals surface area contributed by atoms with Gasteiger partial charge in [-0.2, -0.15) is 0 Å². The van der Waals surface area contributed by atoms with Crippen LogP contribution in [0.5, 0.6) is 0 Å². The number of likely N-dealkylation sites (N-methyl/N-ethyl adjacent to an activating group) is 2. The molecule has 3 aromatic rings. The molecule has 2 aliphatic heterocycles. The van der Waals surface area contributed by atoms with E-state index in [0.717, 1.165) is 26.7 Å². The van der Waals surface area contributed by atoms with Crippen LogP contribution in [0.4, 0.5) is 5.69 Å². The SMILES string of the molecule is CCN1C(=O)C(=CC=C2Sc3ccc(-c4ccccc4)cc3N2CCCC(=O)NS(=O)(=O)c2ccccc2)N(CC)C1=S. The van der Waals surface area contributed by atoms with Crippen molar-refractivity contribution in [3.63, 3.8) is 0 Å². The fraction of sp³-hybridized carbons (Fsp3) is 0.219. The number of anilines is 1. The second kappa shape index (κ2) is 13.2. The Balaban J connectivity index is 1.39. The van der Waals surface area contributed by atoms with Crippen molar-refractivity contribution in [2.45, 2.75) is 36.5 Å². The minimum Gasteiger partial charge on any atom is -0.335 e. The number of hydrogen-bond acceptors (Lipinski definition) is 7. The van der Waals surface area contributed by atoms with E-state index in [-0.39, 0.29) is 17.2 Å². The third kappa shape index (κ3) is 6.53. The van der Waals surface area contributed by atoms with Gasteiger partial charge in [0.2, 0.25) is 5.91 Å². The van der Waals surface area contributed by atoms with Crippen LogP contribution in [0.1, 0.15) is 26.7 Å². The molecule has 222 valence electrons. The van der Waals surface area contributed by atoms with Crippen molar-refractivity contribution in [1.29, 1.82) is 0 Å². The number of benzene rings is 3. The third-order valence-electron chi connectivity index (χ3n) is 7.16. The van der Waals surface area contributed by atoms with E-state index in [4.69, 9.17) is 12.2 Å². The quantitative estimate of drug-likeness (QED) is 0.224. The summed E-state index contributed by atoms with van der Waals surface area (Å²) in [4.78, 5) is 32.4. The van der Waals surface area contributed by atoms with E-state index in [1.165, 1.54) is 12.1 Å². The molecule has 1 fully saturated rings. The highest BCUT2D eigenvalue weighted by molar-refractivity contribution is 8.03. The number of nitrogens with zero attached hydrogens (tertiary/aromatic N) is 3. The lowest BCUT2D eigenvalue weighted by molar-refractivity contribution is -0.122. The lowest BCUT2D eigenvalue weighted by Gasteiger charge is -2.21. The molecule has 0 unspecified atom stereocenters. The summed E-state index contributed by atoms with van der Waals surface area (Å²) < 4.78 is 27.4. The molecule has 1 saturated heterocycles. The molecule has 0 atom stereocenters. The molecule has 0 saturated carbocycles. The fourth-order valence-electron chi connectivity index (χ4n) is 5.01. The number of carbonyl (C=O) groups is 2. The second-order valence-corrected chi connectivity index (χ2v) is 13.0. The van der Waals surface area contributed by atoms with Gasteiger partial charge in [0.15, 0.2) is 5.11 Å². The smallest absolute Gasteiger partial charge is 0.276 e. The van der Waals surface area contributed by atoms with Crippen LogP contribution in [-0.2, 0) is 19.6 Å². The highest BCUT2D eigenvalue weighted by atomic mass is 32.2. The van der Waals surface area contributed by atoms with Crippen LogP contribution in [0, 0.1) is 0 Å². The van der Waals surface area contributed by atoms with Gasteiger partial charge in [0.1, 0.15) is 5.70 Å². The summed E-state index contributed by atoms with van der Waals surface area (Å²) in [6.45, 7) is 5.40. The number of carbonyl (C=O) groups excluding carboxylic acids is 2. The number of fused-ring (bicyclic) bond motifs is 1. The van der Waals surface area contributed by atoms with E-state index in [1.54, 1.807) is 34.9 Å². The largest absolute Gasteiger partial charge is 0.335 e. The highest BCUT2D eigenvalue weighted by Crippen LogP contribution is 2.47. The Labute approximate surface area is 262 Å². The first kappa shape index (κ1) is 30.5. The van der Waals surface area contributed by atoms with Gasteiger partial charge >= 0.3 is 0 Å². The van der Waals surface area contributed by atoms with Crippen molar-refractivity contribution in [2.24, 2.45) is 0 Å². The second-order valence-electron chi connectivity index (χ2n) is 9.88. The summed E-state index contributed by atoms with van der Waals surface area (Å²) in [6, 6.07) is 24.2. The molecule has 2 heterocycles. The van der Waals surface area contributed by atoms with E-state index in [9.17, 15) is 18.0 Å². The maximum absolute atomic E-state index is 13.1. The van der Waals surface area contributed by atoms with Gasteiger partial charge in [0.25, 0.3) is 15.9 Å². The van der Waals surface area contributed by atoms with Crippen LogP contribution in [0.2, 0.25) is 0 Å². The Morgan fingerprint density at radius 1 is 0.884 bits per heavy atom. The number of thioether (sulfide) groups is 1. The monoisotopic (exact) mass is 632 g/mol. The topological polar surface area (TPSA) is 90.0 Å². The molecular weight excluding hydrogens is 601 g/mol. The number of nitrogens with one attached hydrogen (secondary N) is 1. The van der Waals surface area contributed by atoms with Crippen molar-refractivity contribution in [2.75, 3.05) is 24.5 Å². The maximum atomic E-state index is 13.1. The van der Waals surface area contributed by atoms with Gasteiger partial charge in [-0.05, 0) is 80.0 Å². The first-order valence-corrected chi connectivity index (χ1v) is 16.7. The number of allylic oxidation sites excluding steroid dienone is 2. The average Bonchev–Trinajstić information content (AvgIpc) is 3.48. The zero-order valence-corrected chi connectivity index (χ0v) is 26.3. The van der Waals surface area contributed by atoms with Crippen LogP contribution in [0.3, 0.4) is 0 Å². The predicted octanol–water partition coefficient (Wildman–Crippen LogP) is 5.75. The standard InChI is InChI=1S/C32H32N4O4S3/c1-3-34-26(31(38)35(4-2)32(34)41)18-20-30-36(21-11-16-29(37)33-43(39,40)25-14-9-6-10-15-25)27-22-24(17-19-28(27)42-30)23-12-7-5-8-13-23/h5-10,12-15,17-20,22H,3-4,11,16,21H2,1-2H3,(H,33,37). The summed E-state index contributed by atoms with van der Waals surface area (Å²) in [7, 11) is -3.93. The van der Waals surface area contributed by atoms with Gasteiger partial charge in [0.05, 0.1) is 15.6 Å². The molecule has 3 aromatic carbocycles. The lowest BCUT2D eigenvalue weighted by Crippen LogP contribution is -2.32. The Morgan fingerprint density at radius 2 is 1.56 bits per heavy atom. The lowest BCUT2D eigenvalue weighted by atomic mass is 10.0. The molecule has 0 spiro atoms. The number of hydrogen-bond donors (Lipinski definition) is 1. The summed E-state index contributed by atoms with van der Waals surface area (Å²) in [5.74, 6) is -0.689. The van der Waals surface area contributed by atoms with Crippen LogP contribution in [-0.4, -0.2) is 54.8 Å². The van der Waals surface area contributed by atoms with Gasteiger partial charge < -0.3 is 9.80 Å². The number of thiocarbonyl (C=S) groups is 1. The first-order chi connectivity index (χ1) is 20.7. The van der Waals surface area contributed by atoms with Gasteiger partial charge in [-0.1, -0.05) is 66.4 Å². The van der Waals surface area contributed by atoms with Crippen molar-refractivity contribution in [3.05, 3.63) is 102 Å². The van der Waals surface area contributed by atoms with Gasteiger partial charge in [0, 0.05) is 31.0 Å². The Kier molecular flexibility index (Phi) is 9.34. The van der Waals surface area contributed by atoms with E-state index < -0.39 is 15.9 Å². The highest BCUT2D eigenvalue weighted by Gasteiger charge is 2.36. The van der Waals surface area contributed by atoms with Crippen LogP contribution < -0.4 is 9.62 Å². The normalized spacial score (nSPS) is 16.8. The maximum Gasteiger partial charge on any atom is 0.276 e. The van der Waals surface area contributed by atoms with Gasteiger partial charge in [-0.25, -0.2) is 13.1 Å². The first-order valence-electron chi connectivity index (χ1n) is 14.0. The molecule has 0 aliphatic carbocycles. The van der Waals surface area contributed by atoms with Crippen molar-refractivity contribution >= 4 is 56.6 Å². The average molecular weight is 633 g/mol. The van der Waals surface area contributed by atoms with Gasteiger partial charge in [-0.15, -0.1) is 0 Å². The zero-order chi connectivity index (χ0) is 30.6. The molecule has 2 aliphatic rings. The molecule has 11 heteroatoms. The van der Waals surface area contributed by atoms with E-state index in [0.29, 0.717) is 36.9 Å². The predicted molar refractivity (Wildman–Crippen MR) is 175 cm³/mol. The minimum absolute atomic E-state index is 0.0249. The van der Waals surface area contributed by atoms with Crippen molar-refractivity contribution < 1.29 is 18.0 Å². The van der Waals surface area contributed by atoms with Gasteiger partial charge in [-0.3, -0.25) is 14.5 Å².